The number of hydrogen-bond acceptors (Lipinski definition) is 4. The third-order valence-electron chi connectivity index (χ3n) is 5.62. The maximum Gasteiger partial charge on any atom is 0.265 e. The molecule has 1 heterocycles. The summed E-state index contributed by atoms with van der Waals surface area (Å²) in [7, 11) is -2.08. The van der Waals surface area contributed by atoms with Crippen LogP contribution >= 0.6 is 0 Å². The largest absolute Gasteiger partial charge is 0.484 e. The first kappa shape index (κ1) is 22.0. The van der Waals surface area contributed by atoms with Gasteiger partial charge in [-0.2, -0.15) is 4.31 Å². The Labute approximate surface area is 189 Å². The van der Waals surface area contributed by atoms with Crippen LogP contribution in [0, 0.1) is 0 Å². The first-order valence-electron chi connectivity index (χ1n) is 10.5. The van der Waals surface area contributed by atoms with E-state index in [1.165, 1.54) is 16.4 Å². The van der Waals surface area contributed by atoms with Gasteiger partial charge < -0.3 is 9.64 Å². The molecule has 3 aromatic rings. The number of benzene rings is 3. The monoisotopic (exact) mass is 450 g/mol. The van der Waals surface area contributed by atoms with Crippen LogP contribution in [0.25, 0.3) is 0 Å². The Kier molecular flexibility index (Phi) is 6.30. The van der Waals surface area contributed by atoms with Gasteiger partial charge >= 0.3 is 0 Å². The van der Waals surface area contributed by atoms with E-state index in [0.29, 0.717) is 5.75 Å². The van der Waals surface area contributed by atoms with Gasteiger partial charge in [-0.25, -0.2) is 8.42 Å². The molecule has 1 aliphatic heterocycles. The molecular weight excluding hydrogens is 424 g/mol. The summed E-state index contributed by atoms with van der Waals surface area (Å²) in [5.41, 5.74) is 2.99. The summed E-state index contributed by atoms with van der Waals surface area (Å²) in [5.74, 6) is 0.324. The van der Waals surface area contributed by atoms with E-state index in [1.807, 2.05) is 61.5 Å². The van der Waals surface area contributed by atoms with Gasteiger partial charge in [0, 0.05) is 25.3 Å². The van der Waals surface area contributed by atoms with Crippen LogP contribution in [0.2, 0.25) is 0 Å². The molecule has 0 spiro atoms. The third kappa shape index (κ3) is 4.54. The van der Waals surface area contributed by atoms with Crippen LogP contribution in [-0.2, 0) is 27.8 Å². The van der Waals surface area contributed by atoms with Crippen molar-refractivity contribution in [1.82, 2.24) is 4.31 Å². The Hall–Kier alpha value is -3.16. The molecule has 4 rings (SSSR count). The van der Waals surface area contributed by atoms with Crippen molar-refractivity contribution in [3.63, 3.8) is 0 Å². The number of nitrogens with zero attached hydrogens (tertiary/aromatic N) is 2. The number of anilines is 1. The SMILES string of the molecule is C[C@@H]1Cc2ccccc2N1C(=O)COc1ccc(S(=O)(=O)N(C)Cc2ccccc2)cc1. The molecule has 0 unspecified atom stereocenters. The minimum atomic E-state index is -3.64. The molecule has 0 aromatic heterocycles. The van der Waals surface area contributed by atoms with Crippen LogP contribution in [0.4, 0.5) is 5.69 Å². The van der Waals surface area contributed by atoms with Crippen molar-refractivity contribution in [2.45, 2.75) is 30.8 Å². The van der Waals surface area contributed by atoms with Gasteiger partial charge in [-0.15, -0.1) is 0 Å². The first-order valence-corrected chi connectivity index (χ1v) is 11.9. The highest BCUT2D eigenvalue weighted by Gasteiger charge is 2.30. The van der Waals surface area contributed by atoms with Crippen LogP contribution in [0.3, 0.4) is 0 Å². The van der Waals surface area contributed by atoms with Gasteiger partial charge in [0.15, 0.2) is 6.61 Å². The summed E-state index contributed by atoms with van der Waals surface area (Å²) in [6.07, 6.45) is 0.824. The number of amides is 1. The van der Waals surface area contributed by atoms with E-state index in [4.69, 9.17) is 4.74 Å². The molecule has 3 aromatic carbocycles. The van der Waals surface area contributed by atoms with Gasteiger partial charge in [0.1, 0.15) is 5.75 Å². The second kappa shape index (κ2) is 9.14. The van der Waals surface area contributed by atoms with E-state index >= 15 is 0 Å². The van der Waals surface area contributed by atoms with Gasteiger partial charge in [-0.1, -0.05) is 48.5 Å². The van der Waals surface area contributed by atoms with E-state index in [1.54, 1.807) is 24.1 Å². The fraction of sp³-hybridized carbons (Fsp3) is 0.240. The molecule has 1 aliphatic rings. The molecule has 0 saturated carbocycles. The van der Waals surface area contributed by atoms with E-state index in [9.17, 15) is 13.2 Å². The quantitative estimate of drug-likeness (QED) is 0.548. The maximum absolute atomic E-state index is 12.9. The predicted molar refractivity (Wildman–Crippen MR) is 124 cm³/mol. The number of hydrogen-bond donors (Lipinski definition) is 0. The lowest BCUT2D eigenvalue weighted by molar-refractivity contribution is -0.120. The molecule has 32 heavy (non-hydrogen) atoms. The van der Waals surface area contributed by atoms with Crippen LogP contribution in [0.5, 0.6) is 5.75 Å². The fourth-order valence-corrected chi connectivity index (χ4v) is 5.13. The summed E-state index contributed by atoms with van der Waals surface area (Å²) in [6, 6.07) is 23.6. The van der Waals surface area contributed by atoms with Gasteiger partial charge in [0.05, 0.1) is 4.90 Å². The van der Waals surface area contributed by atoms with Crippen molar-refractivity contribution in [2.24, 2.45) is 0 Å². The number of carbonyl (C=O) groups excluding carboxylic acids is 1. The molecule has 0 fully saturated rings. The highest BCUT2D eigenvalue weighted by molar-refractivity contribution is 7.89. The molecule has 0 saturated heterocycles. The fourth-order valence-electron chi connectivity index (χ4n) is 3.97. The van der Waals surface area contributed by atoms with Crippen molar-refractivity contribution in [1.29, 1.82) is 0 Å². The summed E-state index contributed by atoms with van der Waals surface area (Å²) >= 11 is 0. The molecule has 0 N–H and O–H groups in total. The van der Waals surface area contributed by atoms with Gasteiger partial charge in [-0.05, 0) is 54.8 Å². The number of fused-ring (bicyclic) bond motifs is 1. The Balaban J connectivity index is 1.39. The molecular formula is C25H26N2O4S. The smallest absolute Gasteiger partial charge is 0.265 e. The number of ether oxygens (including phenoxy) is 1. The topological polar surface area (TPSA) is 66.9 Å². The summed E-state index contributed by atoms with van der Waals surface area (Å²) < 4.78 is 32.7. The van der Waals surface area contributed by atoms with Crippen LogP contribution in [0.1, 0.15) is 18.1 Å². The lowest BCUT2D eigenvalue weighted by Crippen LogP contribution is -2.39. The molecule has 1 atom stereocenters. The van der Waals surface area contributed by atoms with Crippen LogP contribution in [0.15, 0.2) is 83.8 Å². The lowest BCUT2D eigenvalue weighted by atomic mass is 10.1. The second-order valence-electron chi connectivity index (χ2n) is 7.95. The normalized spacial score (nSPS) is 15.6. The summed E-state index contributed by atoms with van der Waals surface area (Å²) in [6.45, 7) is 2.19. The maximum atomic E-state index is 12.9. The minimum Gasteiger partial charge on any atom is -0.484 e. The Morgan fingerprint density at radius 1 is 1.00 bits per heavy atom. The minimum absolute atomic E-state index is 0.0798. The van der Waals surface area contributed by atoms with Crippen molar-refractivity contribution in [2.75, 3.05) is 18.6 Å². The molecule has 0 bridgehead atoms. The molecule has 6 nitrogen and oxygen atoms in total. The lowest BCUT2D eigenvalue weighted by Gasteiger charge is -2.22. The first-order chi connectivity index (χ1) is 15.4. The highest BCUT2D eigenvalue weighted by Crippen LogP contribution is 2.32. The predicted octanol–water partition coefficient (Wildman–Crippen LogP) is 3.86. The van der Waals surface area contributed by atoms with Gasteiger partial charge in [0.2, 0.25) is 10.0 Å². The Bertz CT molecular complexity index is 1190. The zero-order valence-electron chi connectivity index (χ0n) is 18.1. The standard InChI is InChI=1S/C25H26N2O4S/c1-19-16-21-10-6-7-11-24(21)27(19)25(28)18-31-22-12-14-23(15-13-22)32(29,30)26(2)17-20-8-4-3-5-9-20/h3-15,19H,16-18H2,1-2H3/t19-/m1/s1. The van der Waals surface area contributed by atoms with Crippen LogP contribution in [-0.4, -0.2) is 38.3 Å². The summed E-state index contributed by atoms with van der Waals surface area (Å²) in [4.78, 5) is 14.7. The van der Waals surface area contributed by atoms with Crippen molar-refractivity contribution >= 4 is 21.6 Å². The zero-order valence-corrected chi connectivity index (χ0v) is 19.0. The van der Waals surface area contributed by atoms with Crippen molar-refractivity contribution < 1.29 is 17.9 Å². The van der Waals surface area contributed by atoms with Crippen LogP contribution < -0.4 is 9.64 Å². The van der Waals surface area contributed by atoms with E-state index in [-0.39, 0.29) is 30.0 Å². The third-order valence-corrected chi connectivity index (χ3v) is 7.44. The molecule has 7 heteroatoms. The molecule has 166 valence electrons. The Morgan fingerprint density at radius 2 is 1.66 bits per heavy atom. The highest BCUT2D eigenvalue weighted by atomic mass is 32.2. The van der Waals surface area contributed by atoms with Crippen molar-refractivity contribution in [3.05, 3.63) is 90.0 Å². The zero-order chi connectivity index (χ0) is 22.7. The average Bonchev–Trinajstić information content (AvgIpc) is 3.14. The second-order valence-corrected chi connectivity index (χ2v) is 10.00. The molecule has 0 aliphatic carbocycles. The van der Waals surface area contributed by atoms with Crippen molar-refractivity contribution in [3.8, 4) is 5.75 Å². The Morgan fingerprint density at radius 3 is 2.38 bits per heavy atom. The number of carbonyl (C=O) groups is 1. The number of sulfonamides is 1. The molecule has 0 radical (unpaired) electrons. The van der Waals surface area contributed by atoms with Gasteiger partial charge in [0.25, 0.3) is 5.91 Å². The summed E-state index contributed by atoms with van der Waals surface area (Å²) in [5, 5.41) is 0. The van der Waals surface area contributed by atoms with E-state index < -0.39 is 10.0 Å². The van der Waals surface area contributed by atoms with E-state index in [0.717, 1.165) is 23.2 Å². The van der Waals surface area contributed by atoms with Gasteiger partial charge in [-0.3, -0.25) is 4.79 Å². The van der Waals surface area contributed by atoms with E-state index in [2.05, 4.69) is 0 Å². The molecule has 1 amide bonds. The number of rotatable bonds is 7. The number of para-hydroxylation sites is 1. The average molecular weight is 451 g/mol.